The van der Waals surface area contributed by atoms with Gasteiger partial charge in [-0.25, -0.2) is 4.79 Å². The molecular formula is C24H22O13S4. The van der Waals surface area contributed by atoms with Crippen LogP contribution < -0.4 is 0 Å². The Kier molecular flexibility index (Phi) is 10.1. The van der Waals surface area contributed by atoms with E-state index in [1.165, 1.54) is 48.6 Å². The Bertz CT molecular complexity index is 1850. The van der Waals surface area contributed by atoms with Crippen LogP contribution in [-0.2, 0) is 62.0 Å². The van der Waals surface area contributed by atoms with Gasteiger partial charge in [0.25, 0.3) is 10.2 Å². The molecule has 0 saturated carbocycles. The van der Waals surface area contributed by atoms with Gasteiger partial charge in [-0.3, -0.25) is 0 Å². The molecule has 0 spiro atoms. The lowest BCUT2D eigenvalue weighted by Gasteiger charge is -2.12. The lowest BCUT2D eigenvalue weighted by molar-refractivity contribution is -0.129. The van der Waals surface area contributed by atoms with Crippen molar-refractivity contribution in [3.05, 3.63) is 108 Å². The molecule has 0 bridgehead atoms. The predicted octanol–water partition coefficient (Wildman–Crippen LogP) is 3.15. The van der Waals surface area contributed by atoms with Crippen molar-refractivity contribution < 1.29 is 55.2 Å². The first-order valence-electron chi connectivity index (χ1n) is 10.6. The van der Waals surface area contributed by atoms with Gasteiger partial charge in [0.1, 0.15) is 16.1 Å². The van der Waals surface area contributed by atoms with Crippen LogP contribution in [0, 0.1) is 0 Å². The highest BCUT2D eigenvalue weighted by molar-refractivity contribution is 7.95. The summed E-state index contributed by atoms with van der Waals surface area (Å²) in [4.78, 5) is 10.7. The zero-order valence-corrected chi connectivity index (χ0v) is 24.4. The molecule has 2 aromatic rings. The second kappa shape index (κ2) is 12.5. The third-order valence-corrected chi connectivity index (χ3v) is 9.28. The van der Waals surface area contributed by atoms with E-state index in [1.807, 2.05) is 0 Å². The van der Waals surface area contributed by atoms with E-state index < -0.39 is 61.5 Å². The summed E-state index contributed by atoms with van der Waals surface area (Å²) < 4.78 is 115. The Balaban J connectivity index is 2.09. The average Bonchev–Trinajstić information content (AvgIpc) is 2.88. The molecule has 0 aliphatic heterocycles. The maximum Gasteiger partial charge on any atom is 0.376 e. The number of hydrogen-bond acceptors (Lipinski definition) is 13. The topological polar surface area (TPSA) is 191 Å². The highest BCUT2D eigenvalue weighted by atomic mass is 32.2. The first kappa shape index (κ1) is 33.0. The van der Waals surface area contributed by atoms with Crippen LogP contribution in [-0.4, -0.2) is 39.6 Å². The maximum absolute atomic E-state index is 12.5. The molecule has 0 amide bonds. The second-order valence-electron chi connectivity index (χ2n) is 7.62. The zero-order valence-electron chi connectivity index (χ0n) is 21.1. The van der Waals surface area contributed by atoms with Crippen LogP contribution in [0.3, 0.4) is 0 Å². The molecule has 0 radical (unpaired) electrons. The van der Waals surface area contributed by atoms with Gasteiger partial charge in [0.05, 0.1) is 0 Å². The van der Waals surface area contributed by atoms with E-state index in [9.17, 15) is 38.5 Å². The molecule has 2 aromatic carbocycles. The summed E-state index contributed by atoms with van der Waals surface area (Å²) in [5.41, 5.74) is 0.644. The van der Waals surface area contributed by atoms with Crippen molar-refractivity contribution >= 4 is 58.6 Å². The van der Waals surface area contributed by atoms with Crippen molar-refractivity contribution in [1.82, 2.24) is 0 Å². The van der Waals surface area contributed by atoms with E-state index in [0.717, 1.165) is 25.3 Å². The van der Waals surface area contributed by atoms with Gasteiger partial charge in [-0.05, 0) is 61.5 Å². The molecular weight excluding hydrogens is 625 g/mol. The van der Waals surface area contributed by atoms with Gasteiger partial charge < -0.3 is 16.7 Å². The molecule has 0 N–H and O–H groups in total. The van der Waals surface area contributed by atoms with E-state index in [4.69, 9.17) is 4.18 Å². The van der Waals surface area contributed by atoms with Crippen LogP contribution in [0.15, 0.2) is 107 Å². The van der Waals surface area contributed by atoms with Crippen molar-refractivity contribution in [2.24, 2.45) is 0 Å². The van der Waals surface area contributed by atoms with E-state index in [-0.39, 0.29) is 16.0 Å². The minimum Gasteiger partial charge on any atom is -0.387 e. The van der Waals surface area contributed by atoms with Crippen molar-refractivity contribution in [3.63, 3.8) is 0 Å². The predicted molar refractivity (Wildman–Crippen MR) is 147 cm³/mol. The number of rotatable bonds is 14. The molecule has 0 heterocycles. The fourth-order valence-electron chi connectivity index (χ4n) is 2.39. The van der Waals surface area contributed by atoms with Crippen LogP contribution in [0.25, 0.3) is 12.2 Å². The highest BCUT2D eigenvalue weighted by Gasteiger charge is 2.33. The lowest BCUT2D eigenvalue weighted by atomic mass is 10.2. The molecule has 41 heavy (non-hydrogen) atoms. The zero-order chi connectivity index (χ0) is 31.2. The summed E-state index contributed by atoms with van der Waals surface area (Å²) in [6, 6.07) is 10.1. The number of hydrogen-bond donors (Lipinski definition) is 0. The standard InChI is InChI=1S/C24H22O13S4/c1-6-20-7-11-22(12-8-20)40(30,31)34-16-15-21-9-13-23(14-10-21)41(32,33)36-19(5)38(26,27)35-18(4)39(28,29)37-24(25)17(2)3/h6-16H,1-2,4-5H2,3H3. The molecule has 17 heteroatoms. The Morgan fingerprint density at radius 1 is 0.659 bits per heavy atom. The summed E-state index contributed by atoms with van der Waals surface area (Å²) in [7, 11) is -19.4. The SMILES string of the molecule is C=Cc1ccc(S(=O)(=O)OC=Cc2ccc(S(=O)(=O)OC(=C)S(=O)(=O)OC(=C)S(=O)(=O)OC(=O)C(=C)C)cc2)cc1. The van der Waals surface area contributed by atoms with E-state index in [0.29, 0.717) is 5.56 Å². The van der Waals surface area contributed by atoms with Gasteiger partial charge in [0.15, 0.2) is 0 Å². The van der Waals surface area contributed by atoms with Crippen LogP contribution in [0.1, 0.15) is 18.1 Å². The van der Waals surface area contributed by atoms with Crippen LogP contribution in [0.4, 0.5) is 0 Å². The molecule has 2 rings (SSSR count). The Hall–Kier alpha value is -4.19. The number of carbonyl (C=O) groups excluding carboxylic acids is 1. The molecule has 0 fully saturated rings. The quantitative estimate of drug-likeness (QED) is 0.165. The van der Waals surface area contributed by atoms with E-state index in [2.05, 4.69) is 38.9 Å². The summed E-state index contributed by atoms with van der Waals surface area (Å²) in [5.74, 6) is -1.42. The van der Waals surface area contributed by atoms with Crippen LogP contribution in [0.2, 0.25) is 0 Å². The first-order chi connectivity index (χ1) is 18.8. The fraction of sp³-hybridized carbons (Fsp3) is 0.0417. The Morgan fingerprint density at radius 2 is 1.10 bits per heavy atom. The lowest BCUT2D eigenvalue weighted by Crippen LogP contribution is -2.20. The van der Waals surface area contributed by atoms with Gasteiger partial charge in [-0.2, -0.15) is 33.7 Å². The molecule has 13 nitrogen and oxygen atoms in total. The molecule has 220 valence electrons. The molecule has 0 aliphatic carbocycles. The Morgan fingerprint density at radius 3 is 1.59 bits per heavy atom. The minimum absolute atomic E-state index is 0.112. The largest absolute Gasteiger partial charge is 0.387 e. The van der Waals surface area contributed by atoms with Gasteiger partial charge in [-0.15, -0.1) is 0 Å². The molecule has 0 saturated heterocycles. The third kappa shape index (κ3) is 8.90. The monoisotopic (exact) mass is 646 g/mol. The van der Waals surface area contributed by atoms with Crippen molar-refractivity contribution in [2.45, 2.75) is 16.7 Å². The average molecular weight is 647 g/mol. The normalized spacial score (nSPS) is 12.2. The third-order valence-electron chi connectivity index (χ3n) is 4.51. The van der Waals surface area contributed by atoms with E-state index >= 15 is 0 Å². The highest BCUT2D eigenvalue weighted by Crippen LogP contribution is 2.23. The molecule has 0 aliphatic rings. The van der Waals surface area contributed by atoms with Crippen molar-refractivity contribution in [3.8, 4) is 0 Å². The number of benzene rings is 2. The first-order valence-corrected chi connectivity index (χ1v) is 16.3. The minimum atomic E-state index is -5.28. The smallest absolute Gasteiger partial charge is 0.376 e. The fourth-order valence-corrected chi connectivity index (χ4v) is 5.96. The summed E-state index contributed by atoms with van der Waals surface area (Å²) in [5, 5.41) is -3.12. The van der Waals surface area contributed by atoms with Gasteiger partial charge in [-0.1, -0.05) is 43.5 Å². The van der Waals surface area contributed by atoms with E-state index in [1.54, 1.807) is 0 Å². The van der Waals surface area contributed by atoms with Crippen LogP contribution >= 0.6 is 0 Å². The van der Waals surface area contributed by atoms with Gasteiger partial charge in [0.2, 0.25) is 0 Å². The summed E-state index contributed by atoms with van der Waals surface area (Å²) in [6.45, 7) is 13.6. The van der Waals surface area contributed by atoms with Crippen LogP contribution in [0.5, 0.6) is 0 Å². The maximum atomic E-state index is 12.5. The molecule has 0 unspecified atom stereocenters. The van der Waals surface area contributed by atoms with Crippen molar-refractivity contribution in [2.75, 3.05) is 0 Å². The Labute approximate surface area is 237 Å². The summed E-state index contributed by atoms with van der Waals surface area (Å²) >= 11 is 0. The second-order valence-corrected chi connectivity index (χ2v) is 13.8. The van der Waals surface area contributed by atoms with Gasteiger partial charge >= 0.3 is 46.4 Å². The van der Waals surface area contributed by atoms with Crippen molar-refractivity contribution in [1.29, 1.82) is 0 Å². The number of carbonyl (C=O) groups is 1. The summed E-state index contributed by atoms with van der Waals surface area (Å²) in [6.07, 6.45) is 3.60. The van der Waals surface area contributed by atoms with Gasteiger partial charge in [0, 0.05) is 5.57 Å². The molecule has 0 atom stereocenters. The molecule has 0 aromatic heterocycles.